The third-order valence-electron chi connectivity index (χ3n) is 7.27. The van der Waals surface area contributed by atoms with Crippen LogP contribution in [0.4, 0.5) is 30.8 Å². The van der Waals surface area contributed by atoms with E-state index in [1.54, 1.807) is 17.0 Å². The van der Waals surface area contributed by atoms with E-state index in [1.807, 2.05) is 32.0 Å². The zero-order valence-electron chi connectivity index (χ0n) is 22.3. The second kappa shape index (κ2) is 11.3. The highest BCUT2D eigenvalue weighted by Gasteiger charge is 2.38. The van der Waals surface area contributed by atoms with Crippen LogP contribution in [-0.4, -0.2) is 71.5 Å². The Labute approximate surface area is 230 Å². The number of hydrogen-bond donors (Lipinski definition) is 1. The molecule has 210 valence electrons. The van der Waals surface area contributed by atoms with E-state index in [-0.39, 0.29) is 23.5 Å². The summed E-state index contributed by atoms with van der Waals surface area (Å²) in [5, 5.41) is 18.5. The van der Waals surface area contributed by atoms with Crippen LogP contribution in [0.3, 0.4) is 0 Å². The monoisotopic (exact) mass is 553 g/mol. The SMILES string of the molecule is CC1CN(c2ncc(CO)cc2C(F)(F)F)CCN1c1cc(-c2ccc(C#N)cc2)nc(N2CCOCC2C)n1. The van der Waals surface area contributed by atoms with Crippen LogP contribution in [0.1, 0.15) is 30.5 Å². The van der Waals surface area contributed by atoms with Crippen molar-refractivity contribution in [3.8, 4) is 17.3 Å². The number of morpholine rings is 1. The Hall–Kier alpha value is -3.95. The average Bonchev–Trinajstić information content (AvgIpc) is 2.96. The van der Waals surface area contributed by atoms with Gasteiger partial charge in [0.1, 0.15) is 11.6 Å². The number of alkyl halides is 3. The summed E-state index contributed by atoms with van der Waals surface area (Å²) in [6, 6.07) is 12.0. The van der Waals surface area contributed by atoms with E-state index in [1.165, 1.54) is 6.20 Å². The molecule has 0 radical (unpaired) electrons. The summed E-state index contributed by atoms with van der Waals surface area (Å²) in [5.74, 6) is 1.10. The predicted octanol–water partition coefficient (Wildman–Crippen LogP) is 3.86. The van der Waals surface area contributed by atoms with Gasteiger partial charge in [-0.2, -0.15) is 23.4 Å². The lowest BCUT2D eigenvalue weighted by atomic mass is 10.1. The van der Waals surface area contributed by atoms with Gasteiger partial charge in [-0.3, -0.25) is 0 Å². The van der Waals surface area contributed by atoms with Gasteiger partial charge in [-0.15, -0.1) is 0 Å². The molecule has 0 bridgehead atoms. The molecule has 3 aromatic rings. The van der Waals surface area contributed by atoms with Crippen LogP contribution in [0.2, 0.25) is 0 Å². The zero-order valence-corrected chi connectivity index (χ0v) is 22.3. The number of nitrogens with zero attached hydrogens (tertiary/aromatic N) is 7. The smallest absolute Gasteiger partial charge is 0.392 e. The second-order valence-electron chi connectivity index (χ2n) is 10.1. The third kappa shape index (κ3) is 5.66. The first-order valence-corrected chi connectivity index (χ1v) is 13.1. The number of halogens is 3. The Bertz CT molecular complexity index is 1390. The summed E-state index contributed by atoms with van der Waals surface area (Å²) in [6.45, 7) is 6.25. The summed E-state index contributed by atoms with van der Waals surface area (Å²) >= 11 is 0. The number of anilines is 3. The van der Waals surface area contributed by atoms with Crippen LogP contribution in [0.15, 0.2) is 42.6 Å². The van der Waals surface area contributed by atoms with Crippen LogP contribution in [0.25, 0.3) is 11.3 Å². The first-order chi connectivity index (χ1) is 19.2. The molecule has 5 rings (SSSR count). The van der Waals surface area contributed by atoms with Gasteiger partial charge in [-0.25, -0.2) is 9.97 Å². The number of pyridine rings is 1. The standard InChI is InChI=1S/C28H30F3N7O2/c1-18-15-36(26-23(28(29,30)31)11-21(16-39)14-33-26)7-8-37(18)25-12-24(22-5-3-20(13-32)4-6-22)34-27(35-25)38-9-10-40-17-19(38)2/h3-6,11-12,14,18-19,39H,7-10,15-17H2,1-2H3. The molecule has 2 atom stereocenters. The van der Waals surface area contributed by atoms with Crippen molar-refractivity contribution in [1.82, 2.24) is 15.0 Å². The first kappa shape index (κ1) is 27.6. The van der Waals surface area contributed by atoms with E-state index in [4.69, 9.17) is 14.7 Å². The van der Waals surface area contributed by atoms with Crippen molar-refractivity contribution in [3.05, 3.63) is 59.3 Å². The number of aliphatic hydroxyl groups excluding tert-OH is 1. The number of piperazine rings is 1. The van der Waals surface area contributed by atoms with Crippen molar-refractivity contribution >= 4 is 17.6 Å². The van der Waals surface area contributed by atoms with E-state index >= 15 is 0 Å². The lowest BCUT2D eigenvalue weighted by Gasteiger charge is -2.42. The minimum absolute atomic E-state index is 0.0702. The number of benzene rings is 1. The van der Waals surface area contributed by atoms with Crippen LogP contribution in [0, 0.1) is 11.3 Å². The molecular weight excluding hydrogens is 523 g/mol. The highest BCUT2D eigenvalue weighted by molar-refractivity contribution is 5.66. The fraction of sp³-hybridized carbons (Fsp3) is 0.429. The Morgan fingerprint density at radius 3 is 2.48 bits per heavy atom. The van der Waals surface area contributed by atoms with Gasteiger partial charge >= 0.3 is 6.18 Å². The van der Waals surface area contributed by atoms with Gasteiger partial charge in [-0.05, 0) is 37.6 Å². The minimum Gasteiger partial charge on any atom is -0.392 e. The topological polar surface area (TPSA) is 102 Å². The van der Waals surface area contributed by atoms with Crippen LogP contribution >= 0.6 is 0 Å². The van der Waals surface area contributed by atoms with Gasteiger partial charge in [0, 0.05) is 50.0 Å². The summed E-state index contributed by atoms with van der Waals surface area (Å²) in [4.78, 5) is 19.7. The third-order valence-corrected chi connectivity index (χ3v) is 7.27. The first-order valence-electron chi connectivity index (χ1n) is 13.1. The van der Waals surface area contributed by atoms with E-state index in [2.05, 4.69) is 20.9 Å². The molecule has 0 amide bonds. The summed E-state index contributed by atoms with van der Waals surface area (Å²) in [6.07, 6.45) is -3.31. The quantitative estimate of drug-likeness (QED) is 0.505. The summed E-state index contributed by atoms with van der Waals surface area (Å²) in [5.41, 5.74) is 1.33. The number of ether oxygens (including phenoxy) is 1. The molecule has 40 heavy (non-hydrogen) atoms. The molecule has 2 aliphatic heterocycles. The number of aliphatic hydroxyl groups is 1. The Kier molecular flexibility index (Phi) is 7.78. The fourth-order valence-electron chi connectivity index (χ4n) is 5.12. The minimum atomic E-state index is -4.60. The number of hydrogen-bond acceptors (Lipinski definition) is 9. The molecule has 1 aromatic carbocycles. The average molecular weight is 554 g/mol. The number of aromatic nitrogens is 3. The molecule has 2 saturated heterocycles. The van der Waals surface area contributed by atoms with Gasteiger partial charge < -0.3 is 24.5 Å². The van der Waals surface area contributed by atoms with Gasteiger partial charge in [0.15, 0.2) is 0 Å². The molecule has 0 saturated carbocycles. The second-order valence-corrected chi connectivity index (χ2v) is 10.1. The Balaban J connectivity index is 1.47. The lowest BCUT2D eigenvalue weighted by molar-refractivity contribution is -0.137. The van der Waals surface area contributed by atoms with Gasteiger partial charge in [0.25, 0.3) is 0 Å². The molecule has 0 spiro atoms. The van der Waals surface area contributed by atoms with Crippen molar-refractivity contribution in [2.45, 2.75) is 38.7 Å². The molecule has 12 heteroatoms. The van der Waals surface area contributed by atoms with Gasteiger partial charge in [0.05, 0.1) is 48.8 Å². The lowest BCUT2D eigenvalue weighted by Crippen LogP contribution is -2.53. The van der Waals surface area contributed by atoms with E-state index in [0.29, 0.717) is 62.4 Å². The molecule has 2 fully saturated rings. The van der Waals surface area contributed by atoms with Crippen LogP contribution < -0.4 is 14.7 Å². The normalized spacial score (nSPS) is 20.0. The maximum Gasteiger partial charge on any atom is 0.419 e. The van der Waals surface area contributed by atoms with Crippen molar-refractivity contribution in [1.29, 1.82) is 5.26 Å². The van der Waals surface area contributed by atoms with Crippen LogP contribution in [-0.2, 0) is 17.5 Å². The molecule has 2 aromatic heterocycles. The number of rotatable bonds is 5. The summed E-state index contributed by atoms with van der Waals surface area (Å²) < 4.78 is 47.2. The molecule has 2 aliphatic rings. The van der Waals surface area contributed by atoms with Crippen molar-refractivity contribution in [3.63, 3.8) is 0 Å². The van der Waals surface area contributed by atoms with Gasteiger partial charge in [-0.1, -0.05) is 12.1 Å². The van der Waals surface area contributed by atoms with Crippen molar-refractivity contribution in [2.24, 2.45) is 0 Å². The maximum absolute atomic E-state index is 13.9. The van der Waals surface area contributed by atoms with Crippen LogP contribution in [0.5, 0.6) is 0 Å². The zero-order chi connectivity index (χ0) is 28.4. The molecule has 4 heterocycles. The molecule has 2 unspecified atom stereocenters. The predicted molar refractivity (Wildman–Crippen MR) is 144 cm³/mol. The summed E-state index contributed by atoms with van der Waals surface area (Å²) in [7, 11) is 0. The van der Waals surface area contributed by atoms with E-state index < -0.39 is 18.3 Å². The van der Waals surface area contributed by atoms with Crippen molar-refractivity contribution < 1.29 is 23.0 Å². The fourth-order valence-corrected chi connectivity index (χ4v) is 5.12. The molecular formula is C28H30F3N7O2. The van der Waals surface area contributed by atoms with Crippen molar-refractivity contribution in [2.75, 3.05) is 54.1 Å². The van der Waals surface area contributed by atoms with E-state index in [9.17, 15) is 23.5 Å². The molecule has 0 aliphatic carbocycles. The molecule has 1 N–H and O–H groups in total. The Morgan fingerprint density at radius 2 is 1.82 bits per heavy atom. The van der Waals surface area contributed by atoms with Gasteiger partial charge in [0.2, 0.25) is 5.95 Å². The number of nitriles is 1. The highest BCUT2D eigenvalue weighted by Crippen LogP contribution is 2.37. The largest absolute Gasteiger partial charge is 0.419 e. The Morgan fingerprint density at radius 1 is 1.05 bits per heavy atom. The van der Waals surface area contributed by atoms with E-state index in [0.717, 1.165) is 11.6 Å². The highest BCUT2D eigenvalue weighted by atomic mass is 19.4. The maximum atomic E-state index is 13.9. The molecule has 9 nitrogen and oxygen atoms in total.